The van der Waals surface area contributed by atoms with Gasteiger partial charge in [-0.05, 0) is 24.7 Å². The minimum atomic E-state index is -3.35. The zero-order chi connectivity index (χ0) is 13.9. The maximum absolute atomic E-state index is 12.0. The van der Waals surface area contributed by atoms with Crippen molar-refractivity contribution in [2.75, 3.05) is 33.2 Å². The molecule has 1 saturated heterocycles. The molecule has 0 aliphatic carbocycles. The highest BCUT2D eigenvalue weighted by atomic mass is 35.5. The van der Waals surface area contributed by atoms with Gasteiger partial charge in [-0.2, -0.15) is 0 Å². The molecule has 1 N–H and O–H groups in total. The van der Waals surface area contributed by atoms with E-state index in [1.807, 2.05) is 7.05 Å². The van der Waals surface area contributed by atoms with Crippen LogP contribution in [0, 0.1) is 0 Å². The molecule has 1 aliphatic heterocycles. The van der Waals surface area contributed by atoms with E-state index in [1.54, 1.807) is 29.3 Å². The van der Waals surface area contributed by atoms with Gasteiger partial charge in [0.1, 0.15) is 0 Å². The Kier molecular flexibility index (Phi) is 6.71. The quantitative estimate of drug-likeness (QED) is 0.899. The van der Waals surface area contributed by atoms with Crippen LogP contribution in [-0.2, 0) is 15.8 Å². The van der Waals surface area contributed by atoms with Crippen molar-refractivity contribution >= 4 is 34.0 Å². The monoisotopic (exact) mass is 339 g/mol. The van der Waals surface area contributed by atoms with E-state index in [1.165, 1.54) is 0 Å². The summed E-state index contributed by atoms with van der Waals surface area (Å²) in [5, 5.41) is 2.36. The second-order valence-corrected chi connectivity index (χ2v) is 6.90. The van der Waals surface area contributed by atoms with Gasteiger partial charge >= 0.3 is 0 Å². The third-order valence-electron chi connectivity index (χ3n) is 3.04. The Morgan fingerprint density at radius 3 is 2.25 bits per heavy atom. The SMILES string of the molecule is CN1CCN(NS(=O)(=O)Cc2ccc(Cl)cc2)CC1.Cl. The second-order valence-electron chi connectivity index (χ2n) is 4.77. The Morgan fingerprint density at radius 2 is 1.70 bits per heavy atom. The average molecular weight is 340 g/mol. The lowest BCUT2D eigenvalue weighted by Gasteiger charge is -2.32. The first kappa shape index (κ1) is 17.7. The first-order valence-electron chi connectivity index (χ1n) is 6.13. The summed E-state index contributed by atoms with van der Waals surface area (Å²) in [4.78, 5) is 4.80. The first-order valence-corrected chi connectivity index (χ1v) is 8.16. The molecule has 0 atom stereocenters. The lowest BCUT2D eigenvalue weighted by atomic mass is 10.2. The van der Waals surface area contributed by atoms with Crippen molar-refractivity contribution in [3.63, 3.8) is 0 Å². The number of likely N-dealkylation sites (N-methyl/N-ethyl adjacent to an activating group) is 1. The zero-order valence-electron chi connectivity index (χ0n) is 11.3. The summed E-state index contributed by atoms with van der Waals surface area (Å²) in [6.07, 6.45) is 0. The van der Waals surface area contributed by atoms with Gasteiger partial charge in [-0.25, -0.2) is 13.4 Å². The number of rotatable bonds is 4. The van der Waals surface area contributed by atoms with Crippen molar-refractivity contribution in [1.29, 1.82) is 0 Å². The summed E-state index contributed by atoms with van der Waals surface area (Å²) >= 11 is 5.77. The molecule has 1 aromatic rings. The normalized spacial score (nSPS) is 17.7. The maximum atomic E-state index is 12.0. The van der Waals surface area contributed by atoms with Crippen LogP contribution in [0.5, 0.6) is 0 Å². The number of sulfonamides is 1. The molecular formula is C12H19Cl2N3O2S. The van der Waals surface area contributed by atoms with Crippen LogP contribution < -0.4 is 4.83 Å². The van der Waals surface area contributed by atoms with Gasteiger partial charge < -0.3 is 4.90 Å². The summed E-state index contributed by atoms with van der Waals surface area (Å²) in [6, 6.07) is 6.85. The molecule has 8 heteroatoms. The van der Waals surface area contributed by atoms with E-state index in [4.69, 9.17) is 11.6 Å². The van der Waals surface area contributed by atoms with Crippen LogP contribution in [0.3, 0.4) is 0 Å². The third-order valence-corrected chi connectivity index (χ3v) is 4.54. The van der Waals surface area contributed by atoms with Gasteiger partial charge in [0.25, 0.3) is 0 Å². The van der Waals surface area contributed by atoms with Gasteiger partial charge in [0, 0.05) is 31.2 Å². The molecule has 1 aromatic carbocycles. The molecule has 0 amide bonds. The summed E-state index contributed by atoms with van der Waals surface area (Å²) < 4.78 is 24.1. The Morgan fingerprint density at radius 1 is 1.15 bits per heavy atom. The van der Waals surface area contributed by atoms with Crippen LogP contribution in [0.1, 0.15) is 5.56 Å². The van der Waals surface area contributed by atoms with E-state index >= 15 is 0 Å². The van der Waals surface area contributed by atoms with Crippen molar-refractivity contribution in [1.82, 2.24) is 14.7 Å². The molecule has 0 unspecified atom stereocenters. The number of halogens is 2. The molecule has 1 aliphatic rings. The Hall–Kier alpha value is -0.370. The van der Waals surface area contributed by atoms with Gasteiger partial charge in [0.15, 0.2) is 0 Å². The number of benzene rings is 1. The Bertz CT molecular complexity index is 514. The Labute approximate surface area is 131 Å². The van der Waals surface area contributed by atoms with Gasteiger partial charge in [0.2, 0.25) is 10.0 Å². The van der Waals surface area contributed by atoms with Crippen molar-refractivity contribution in [2.45, 2.75) is 5.75 Å². The van der Waals surface area contributed by atoms with Gasteiger partial charge in [0.05, 0.1) is 5.75 Å². The van der Waals surface area contributed by atoms with E-state index in [-0.39, 0.29) is 18.2 Å². The predicted molar refractivity (Wildman–Crippen MR) is 83.5 cm³/mol. The van der Waals surface area contributed by atoms with Gasteiger partial charge in [-0.3, -0.25) is 0 Å². The standard InChI is InChI=1S/C12H18ClN3O2S.ClH/c1-15-6-8-16(9-7-15)14-19(17,18)10-11-2-4-12(13)5-3-11;/h2-5,14H,6-10H2,1H3;1H. The Balaban J connectivity index is 0.00000200. The van der Waals surface area contributed by atoms with E-state index in [9.17, 15) is 8.42 Å². The van der Waals surface area contributed by atoms with Gasteiger partial charge in [-0.1, -0.05) is 23.7 Å². The fraction of sp³-hybridized carbons (Fsp3) is 0.500. The lowest BCUT2D eigenvalue weighted by molar-refractivity contribution is 0.134. The van der Waals surface area contributed by atoms with Crippen LogP contribution in [0.2, 0.25) is 5.02 Å². The number of nitrogens with zero attached hydrogens (tertiary/aromatic N) is 2. The van der Waals surface area contributed by atoms with E-state index in [2.05, 4.69) is 9.73 Å². The molecule has 0 bridgehead atoms. The highest BCUT2D eigenvalue weighted by molar-refractivity contribution is 7.88. The maximum Gasteiger partial charge on any atom is 0.228 e. The van der Waals surface area contributed by atoms with Crippen molar-refractivity contribution < 1.29 is 8.42 Å². The number of hydrazine groups is 1. The fourth-order valence-electron chi connectivity index (χ4n) is 1.93. The minimum Gasteiger partial charge on any atom is -0.304 e. The smallest absolute Gasteiger partial charge is 0.228 e. The average Bonchev–Trinajstić information content (AvgIpc) is 2.34. The molecule has 1 heterocycles. The number of hydrogen-bond donors (Lipinski definition) is 1. The van der Waals surface area contributed by atoms with E-state index in [0.29, 0.717) is 18.1 Å². The lowest BCUT2D eigenvalue weighted by Crippen LogP contribution is -2.52. The van der Waals surface area contributed by atoms with E-state index in [0.717, 1.165) is 18.7 Å². The van der Waals surface area contributed by atoms with Crippen molar-refractivity contribution in [2.24, 2.45) is 0 Å². The molecule has 5 nitrogen and oxygen atoms in total. The summed E-state index contributed by atoms with van der Waals surface area (Å²) in [7, 11) is -1.32. The largest absolute Gasteiger partial charge is 0.304 e. The second kappa shape index (κ2) is 7.59. The highest BCUT2D eigenvalue weighted by Crippen LogP contribution is 2.12. The molecule has 114 valence electrons. The highest BCUT2D eigenvalue weighted by Gasteiger charge is 2.19. The molecular weight excluding hydrogens is 321 g/mol. The molecule has 20 heavy (non-hydrogen) atoms. The van der Waals surface area contributed by atoms with Crippen LogP contribution >= 0.6 is 24.0 Å². The first-order chi connectivity index (χ1) is 8.94. The summed E-state index contributed by atoms with van der Waals surface area (Å²) in [5.41, 5.74) is 0.728. The van der Waals surface area contributed by atoms with E-state index < -0.39 is 10.0 Å². The molecule has 0 radical (unpaired) electrons. The minimum absolute atomic E-state index is 0. The fourth-order valence-corrected chi connectivity index (χ4v) is 3.32. The van der Waals surface area contributed by atoms with Crippen LogP contribution in [0.15, 0.2) is 24.3 Å². The van der Waals surface area contributed by atoms with Crippen molar-refractivity contribution in [3.8, 4) is 0 Å². The zero-order valence-corrected chi connectivity index (χ0v) is 13.6. The number of piperazine rings is 1. The molecule has 1 fully saturated rings. The summed E-state index contributed by atoms with van der Waals surface area (Å²) in [6.45, 7) is 3.14. The van der Waals surface area contributed by atoms with Crippen molar-refractivity contribution in [3.05, 3.63) is 34.9 Å². The van der Waals surface area contributed by atoms with Crippen LogP contribution in [0.25, 0.3) is 0 Å². The third kappa shape index (κ3) is 5.55. The molecule has 0 saturated carbocycles. The molecule has 0 spiro atoms. The van der Waals surface area contributed by atoms with Crippen LogP contribution in [0.4, 0.5) is 0 Å². The predicted octanol–water partition coefficient (Wildman–Crippen LogP) is 1.34. The van der Waals surface area contributed by atoms with Gasteiger partial charge in [-0.15, -0.1) is 17.2 Å². The topological polar surface area (TPSA) is 52.6 Å². The summed E-state index contributed by atoms with van der Waals surface area (Å²) in [5.74, 6) is -0.0312. The molecule has 0 aromatic heterocycles. The number of hydrogen-bond acceptors (Lipinski definition) is 4. The van der Waals surface area contributed by atoms with Crippen LogP contribution in [-0.4, -0.2) is 51.6 Å². The number of nitrogens with one attached hydrogen (secondary N) is 1. The molecule has 2 rings (SSSR count).